The molecule has 3 nitrogen and oxygen atoms in total. The molecule has 1 aromatic rings. The third kappa shape index (κ3) is 1.63. The Morgan fingerprint density at radius 1 is 1.50 bits per heavy atom. The van der Waals surface area contributed by atoms with Crippen molar-refractivity contribution in [2.45, 2.75) is 18.6 Å². The molecule has 2 aliphatic heterocycles. The highest BCUT2D eigenvalue weighted by Crippen LogP contribution is 2.57. The van der Waals surface area contributed by atoms with Crippen molar-refractivity contribution in [2.24, 2.45) is 5.92 Å². The molecule has 0 N–H and O–H groups in total. The Bertz CT molecular complexity index is 536. The lowest BCUT2D eigenvalue weighted by atomic mass is 9.93. The Morgan fingerprint density at radius 2 is 2.33 bits per heavy atom. The number of hydrogen-bond acceptors (Lipinski definition) is 4. The molecule has 1 saturated heterocycles. The number of thioether (sulfide) groups is 1. The van der Waals surface area contributed by atoms with Gasteiger partial charge in [-0.15, -0.1) is 11.8 Å². The number of hydrogen-bond donors (Lipinski definition) is 0. The summed E-state index contributed by atoms with van der Waals surface area (Å²) in [5.41, 5.74) is 1.07. The molecule has 0 spiro atoms. The molecule has 4 heteroatoms. The zero-order valence-corrected chi connectivity index (χ0v) is 11.1. The fourth-order valence-electron chi connectivity index (χ4n) is 2.49. The first kappa shape index (κ1) is 11.7. The van der Waals surface area contributed by atoms with Gasteiger partial charge in [0.2, 0.25) is 0 Å². The van der Waals surface area contributed by atoms with Gasteiger partial charge in [0.05, 0.1) is 18.3 Å². The van der Waals surface area contributed by atoms with Crippen molar-refractivity contribution < 1.29 is 14.3 Å². The van der Waals surface area contributed by atoms with E-state index < -0.39 is 0 Å². The van der Waals surface area contributed by atoms with E-state index in [1.165, 1.54) is 4.91 Å². The van der Waals surface area contributed by atoms with Crippen LogP contribution < -0.4 is 9.47 Å². The van der Waals surface area contributed by atoms with Crippen LogP contribution in [0.2, 0.25) is 0 Å². The largest absolute Gasteiger partial charge is 0.493 e. The second-order valence-corrected chi connectivity index (χ2v) is 5.67. The van der Waals surface area contributed by atoms with Crippen molar-refractivity contribution in [3.63, 3.8) is 0 Å². The highest BCUT2D eigenvalue weighted by Gasteiger charge is 2.44. The van der Waals surface area contributed by atoms with Gasteiger partial charge in [0, 0.05) is 5.56 Å². The summed E-state index contributed by atoms with van der Waals surface area (Å²) in [4.78, 5) is 13.3. The summed E-state index contributed by atoms with van der Waals surface area (Å²) in [6.45, 7) is 2.01. The van der Waals surface area contributed by atoms with E-state index in [9.17, 15) is 4.79 Å². The van der Waals surface area contributed by atoms with Crippen molar-refractivity contribution in [3.05, 3.63) is 34.7 Å². The van der Waals surface area contributed by atoms with Gasteiger partial charge in [-0.25, -0.2) is 0 Å². The smallest absolute Gasteiger partial charge is 0.316 e. The van der Waals surface area contributed by atoms with Crippen LogP contribution in [0.5, 0.6) is 11.5 Å². The van der Waals surface area contributed by atoms with Crippen LogP contribution >= 0.6 is 11.8 Å². The minimum atomic E-state index is -0.138. The molecule has 18 heavy (non-hydrogen) atoms. The van der Waals surface area contributed by atoms with Crippen molar-refractivity contribution in [3.8, 4) is 11.5 Å². The maximum atomic E-state index is 12.0. The van der Waals surface area contributed by atoms with E-state index in [1.54, 1.807) is 18.9 Å². The Morgan fingerprint density at radius 3 is 3.06 bits per heavy atom. The average molecular weight is 262 g/mol. The fourth-order valence-corrected chi connectivity index (χ4v) is 3.92. The van der Waals surface area contributed by atoms with Crippen LogP contribution in [0.3, 0.4) is 0 Å². The number of fused-ring (bicyclic) bond motifs is 3. The van der Waals surface area contributed by atoms with E-state index in [1.807, 2.05) is 25.1 Å². The van der Waals surface area contributed by atoms with E-state index in [0.717, 1.165) is 12.0 Å². The van der Waals surface area contributed by atoms with Gasteiger partial charge >= 0.3 is 5.97 Å². The molecular formula is C14H14O3S. The van der Waals surface area contributed by atoms with Crippen LogP contribution in [-0.4, -0.2) is 13.1 Å². The molecule has 0 saturated carbocycles. The molecule has 0 bridgehead atoms. The first-order valence-corrected chi connectivity index (χ1v) is 6.83. The summed E-state index contributed by atoms with van der Waals surface area (Å²) in [7, 11) is 1.59. The molecule has 1 fully saturated rings. The normalized spacial score (nSPS) is 27.7. The van der Waals surface area contributed by atoms with Gasteiger partial charge in [0.1, 0.15) is 0 Å². The van der Waals surface area contributed by atoms with E-state index >= 15 is 0 Å². The number of para-hydroxylation sites is 1. The molecule has 3 rings (SSSR count). The third-order valence-corrected chi connectivity index (χ3v) is 4.97. The van der Waals surface area contributed by atoms with Gasteiger partial charge < -0.3 is 9.47 Å². The van der Waals surface area contributed by atoms with Crippen LogP contribution in [0, 0.1) is 5.92 Å². The third-order valence-electron chi connectivity index (χ3n) is 3.43. The molecule has 0 aromatic heterocycles. The van der Waals surface area contributed by atoms with Gasteiger partial charge in [-0.1, -0.05) is 18.2 Å². The van der Waals surface area contributed by atoms with Crippen molar-refractivity contribution in [2.75, 3.05) is 7.11 Å². The minimum absolute atomic E-state index is 0.0548. The van der Waals surface area contributed by atoms with Crippen LogP contribution in [0.15, 0.2) is 29.2 Å². The maximum Gasteiger partial charge on any atom is 0.316 e. The van der Waals surface area contributed by atoms with Crippen molar-refractivity contribution in [1.82, 2.24) is 0 Å². The maximum absolute atomic E-state index is 12.0. The summed E-state index contributed by atoms with van der Waals surface area (Å²) < 4.78 is 10.7. The zero-order chi connectivity index (χ0) is 12.7. The van der Waals surface area contributed by atoms with Gasteiger partial charge in [0.25, 0.3) is 0 Å². The van der Waals surface area contributed by atoms with Gasteiger partial charge in [-0.2, -0.15) is 0 Å². The van der Waals surface area contributed by atoms with Crippen molar-refractivity contribution >= 4 is 17.7 Å². The summed E-state index contributed by atoms with van der Waals surface area (Å²) in [5.74, 6) is 1.03. The van der Waals surface area contributed by atoms with Crippen LogP contribution in [0.1, 0.15) is 24.2 Å². The SMILES string of the molecule is C/C=C1\CC2C(=O)Oc3c(OC)cccc3C2S1. The predicted molar refractivity (Wildman–Crippen MR) is 70.8 cm³/mol. The second-order valence-electron chi connectivity index (χ2n) is 4.40. The van der Waals surface area contributed by atoms with Crippen LogP contribution in [0.4, 0.5) is 0 Å². The number of esters is 1. The number of benzene rings is 1. The molecule has 1 aromatic carbocycles. The van der Waals surface area contributed by atoms with E-state index in [0.29, 0.717) is 11.5 Å². The predicted octanol–water partition coefficient (Wildman–Crippen LogP) is 3.31. The Hall–Kier alpha value is -1.42. The van der Waals surface area contributed by atoms with Gasteiger partial charge in [-0.3, -0.25) is 4.79 Å². The average Bonchev–Trinajstić information content (AvgIpc) is 2.83. The number of carbonyl (C=O) groups excluding carboxylic acids is 1. The Balaban J connectivity index is 2.09. The summed E-state index contributed by atoms with van der Waals surface area (Å²) >= 11 is 1.76. The zero-order valence-electron chi connectivity index (χ0n) is 10.3. The molecule has 0 aliphatic carbocycles. The van der Waals surface area contributed by atoms with E-state index in [2.05, 4.69) is 6.08 Å². The first-order chi connectivity index (χ1) is 8.74. The fraction of sp³-hybridized carbons (Fsp3) is 0.357. The number of ether oxygens (including phenoxy) is 2. The molecule has 2 atom stereocenters. The highest BCUT2D eigenvalue weighted by atomic mass is 32.2. The lowest BCUT2D eigenvalue weighted by Crippen LogP contribution is -2.27. The summed E-state index contributed by atoms with van der Waals surface area (Å²) in [6.07, 6.45) is 2.87. The Labute approximate surface area is 110 Å². The van der Waals surface area contributed by atoms with Crippen molar-refractivity contribution in [1.29, 1.82) is 0 Å². The summed E-state index contributed by atoms with van der Waals surface area (Å²) in [5, 5.41) is 0.169. The molecular weight excluding hydrogens is 248 g/mol. The van der Waals surface area contributed by atoms with Gasteiger partial charge in [-0.05, 0) is 24.3 Å². The molecule has 2 heterocycles. The minimum Gasteiger partial charge on any atom is -0.493 e. The van der Waals surface area contributed by atoms with Crippen LogP contribution in [-0.2, 0) is 4.79 Å². The molecule has 94 valence electrons. The standard InChI is InChI=1S/C14H14O3S/c1-3-8-7-10-13(18-8)9-5-4-6-11(16-2)12(9)17-14(10)15/h3-6,10,13H,7H2,1-2H3/b8-3+. The van der Waals surface area contributed by atoms with E-state index in [-0.39, 0.29) is 17.1 Å². The number of carbonyl (C=O) groups is 1. The second kappa shape index (κ2) is 4.35. The lowest BCUT2D eigenvalue weighted by molar-refractivity contribution is -0.140. The molecule has 2 unspecified atom stereocenters. The topological polar surface area (TPSA) is 35.5 Å². The van der Waals surface area contributed by atoms with E-state index in [4.69, 9.17) is 9.47 Å². The van der Waals surface area contributed by atoms with Gasteiger partial charge in [0.15, 0.2) is 11.5 Å². The number of rotatable bonds is 1. The monoisotopic (exact) mass is 262 g/mol. The van der Waals surface area contributed by atoms with Crippen LogP contribution in [0.25, 0.3) is 0 Å². The molecule has 0 amide bonds. The highest BCUT2D eigenvalue weighted by molar-refractivity contribution is 8.03. The Kier molecular flexibility index (Phi) is 2.82. The molecule has 2 aliphatic rings. The summed E-state index contributed by atoms with van der Waals surface area (Å²) in [6, 6.07) is 5.79. The number of methoxy groups -OCH3 is 1. The quantitative estimate of drug-likeness (QED) is 0.574. The molecule has 0 radical (unpaired) electrons. The number of allylic oxidation sites excluding steroid dienone is 2. The first-order valence-electron chi connectivity index (χ1n) is 5.95. The lowest BCUT2D eigenvalue weighted by Gasteiger charge is -2.26.